The van der Waals surface area contributed by atoms with Crippen molar-refractivity contribution in [2.75, 3.05) is 0 Å². The number of sulfonamides is 1. The first kappa shape index (κ1) is 16.1. The molecule has 1 aromatic rings. The molecule has 7 heteroatoms. The predicted molar refractivity (Wildman–Crippen MR) is 77.4 cm³/mol. The minimum Gasteiger partial charge on any atom is -0.350 e. The van der Waals surface area contributed by atoms with Crippen molar-refractivity contribution in [2.24, 2.45) is 5.14 Å². The van der Waals surface area contributed by atoms with Crippen LogP contribution in [-0.2, 0) is 10.0 Å². The van der Waals surface area contributed by atoms with E-state index in [0.29, 0.717) is 4.47 Å². The Balaban J connectivity index is 3.03. The van der Waals surface area contributed by atoms with Crippen LogP contribution in [0.4, 0.5) is 0 Å². The van der Waals surface area contributed by atoms with Crippen LogP contribution < -0.4 is 10.5 Å². The highest BCUT2D eigenvalue weighted by molar-refractivity contribution is 9.10. The van der Waals surface area contributed by atoms with Crippen molar-refractivity contribution in [1.82, 2.24) is 5.32 Å². The van der Waals surface area contributed by atoms with Crippen LogP contribution in [0.5, 0.6) is 0 Å². The fourth-order valence-corrected chi connectivity index (χ4v) is 2.63. The zero-order chi connectivity index (χ0) is 14.6. The molecule has 0 aliphatic heterocycles. The predicted octanol–water partition coefficient (Wildman–Crippen LogP) is 2.01. The standard InChI is InChI=1S/C12H17BrN2O3S/c1-3-4-8(2)15-12(16)10-7-9(19(14,17)18)5-6-11(10)13/h5-8H,3-4H2,1-2H3,(H,15,16)(H2,14,17,18)/t8-/m1/s1. The van der Waals surface area contributed by atoms with Crippen molar-refractivity contribution in [3.8, 4) is 0 Å². The molecule has 3 N–H and O–H groups in total. The van der Waals surface area contributed by atoms with Gasteiger partial charge in [-0.25, -0.2) is 13.6 Å². The highest BCUT2D eigenvalue weighted by Crippen LogP contribution is 2.20. The average Bonchev–Trinajstić information content (AvgIpc) is 2.27. The lowest BCUT2D eigenvalue weighted by Gasteiger charge is -2.14. The molecule has 0 aliphatic rings. The third-order valence-corrected chi connectivity index (χ3v) is 4.21. The molecule has 0 saturated carbocycles. The second kappa shape index (κ2) is 6.49. The van der Waals surface area contributed by atoms with Crippen molar-refractivity contribution in [3.05, 3.63) is 28.2 Å². The molecular weight excluding hydrogens is 332 g/mol. The highest BCUT2D eigenvalue weighted by Gasteiger charge is 2.16. The van der Waals surface area contributed by atoms with E-state index in [1.807, 2.05) is 13.8 Å². The van der Waals surface area contributed by atoms with Gasteiger partial charge in [-0.1, -0.05) is 13.3 Å². The topological polar surface area (TPSA) is 89.3 Å². The monoisotopic (exact) mass is 348 g/mol. The van der Waals surface area contributed by atoms with E-state index in [-0.39, 0.29) is 22.4 Å². The Labute approximate surface area is 121 Å². The van der Waals surface area contributed by atoms with Gasteiger partial charge in [-0.05, 0) is 47.5 Å². The van der Waals surface area contributed by atoms with Gasteiger partial charge in [-0.15, -0.1) is 0 Å². The number of primary sulfonamides is 1. The van der Waals surface area contributed by atoms with E-state index in [0.717, 1.165) is 12.8 Å². The molecule has 0 heterocycles. The number of benzene rings is 1. The number of rotatable bonds is 5. The van der Waals surface area contributed by atoms with Gasteiger partial charge in [-0.2, -0.15) is 0 Å². The summed E-state index contributed by atoms with van der Waals surface area (Å²) in [7, 11) is -3.82. The van der Waals surface area contributed by atoms with E-state index in [4.69, 9.17) is 5.14 Å². The molecule has 1 aromatic carbocycles. The van der Waals surface area contributed by atoms with E-state index in [1.54, 1.807) is 0 Å². The number of nitrogens with two attached hydrogens (primary N) is 1. The molecule has 1 rings (SSSR count). The number of nitrogens with one attached hydrogen (secondary N) is 1. The summed E-state index contributed by atoms with van der Waals surface area (Å²) in [5.74, 6) is -0.321. The van der Waals surface area contributed by atoms with Gasteiger partial charge >= 0.3 is 0 Å². The largest absolute Gasteiger partial charge is 0.350 e. The second-order valence-electron chi connectivity index (χ2n) is 4.35. The number of hydrogen-bond donors (Lipinski definition) is 2. The Morgan fingerprint density at radius 1 is 1.47 bits per heavy atom. The van der Waals surface area contributed by atoms with Crippen LogP contribution >= 0.6 is 15.9 Å². The average molecular weight is 349 g/mol. The van der Waals surface area contributed by atoms with Gasteiger partial charge in [-0.3, -0.25) is 4.79 Å². The minimum atomic E-state index is -3.82. The normalized spacial score (nSPS) is 13.1. The lowest BCUT2D eigenvalue weighted by molar-refractivity contribution is 0.0937. The van der Waals surface area contributed by atoms with E-state index < -0.39 is 10.0 Å². The minimum absolute atomic E-state index is 0.0301. The molecule has 0 spiro atoms. The summed E-state index contributed by atoms with van der Waals surface area (Å²) >= 11 is 3.23. The summed E-state index contributed by atoms with van der Waals surface area (Å²) < 4.78 is 23.1. The van der Waals surface area contributed by atoms with Crippen molar-refractivity contribution < 1.29 is 13.2 Å². The number of carbonyl (C=O) groups is 1. The number of carbonyl (C=O) groups excluding carboxylic acids is 1. The molecule has 0 aliphatic carbocycles. The lowest BCUT2D eigenvalue weighted by atomic mass is 10.1. The van der Waals surface area contributed by atoms with Crippen LogP contribution in [0.15, 0.2) is 27.6 Å². The smallest absolute Gasteiger partial charge is 0.252 e. The summed E-state index contributed by atoms with van der Waals surface area (Å²) in [6.07, 6.45) is 1.82. The van der Waals surface area contributed by atoms with Crippen LogP contribution in [0.3, 0.4) is 0 Å². The fourth-order valence-electron chi connectivity index (χ4n) is 1.66. The lowest BCUT2D eigenvalue weighted by Crippen LogP contribution is -2.32. The fraction of sp³-hybridized carbons (Fsp3) is 0.417. The van der Waals surface area contributed by atoms with Crippen LogP contribution in [0.2, 0.25) is 0 Å². The van der Waals surface area contributed by atoms with Gasteiger partial charge in [0.2, 0.25) is 10.0 Å². The zero-order valence-electron chi connectivity index (χ0n) is 10.8. The maximum atomic E-state index is 12.1. The molecule has 19 heavy (non-hydrogen) atoms. The van der Waals surface area contributed by atoms with Crippen molar-refractivity contribution in [1.29, 1.82) is 0 Å². The molecule has 106 valence electrons. The Morgan fingerprint density at radius 3 is 2.63 bits per heavy atom. The molecular formula is C12H17BrN2O3S. The number of hydrogen-bond acceptors (Lipinski definition) is 3. The molecule has 0 saturated heterocycles. The quantitative estimate of drug-likeness (QED) is 0.852. The van der Waals surface area contributed by atoms with Crippen LogP contribution in [0.25, 0.3) is 0 Å². The summed E-state index contributed by atoms with van der Waals surface area (Å²) in [4.78, 5) is 12.0. The van der Waals surface area contributed by atoms with E-state index >= 15 is 0 Å². The van der Waals surface area contributed by atoms with E-state index in [1.165, 1.54) is 18.2 Å². The summed E-state index contributed by atoms with van der Waals surface area (Å²) in [5, 5.41) is 7.86. The van der Waals surface area contributed by atoms with Crippen molar-refractivity contribution >= 4 is 31.9 Å². The van der Waals surface area contributed by atoms with E-state index in [9.17, 15) is 13.2 Å². The Bertz CT molecular complexity index is 572. The summed E-state index contributed by atoms with van der Waals surface area (Å²) in [6.45, 7) is 3.93. The van der Waals surface area contributed by atoms with Crippen molar-refractivity contribution in [2.45, 2.75) is 37.6 Å². The molecule has 0 aromatic heterocycles. The van der Waals surface area contributed by atoms with Gasteiger partial charge in [0, 0.05) is 10.5 Å². The third-order valence-electron chi connectivity index (χ3n) is 2.61. The third kappa shape index (κ3) is 4.59. The number of amides is 1. The van der Waals surface area contributed by atoms with Gasteiger partial charge in [0.05, 0.1) is 10.5 Å². The number of halogens is 1. The highest BCUT2D eigenvalue weighted by atomic mass is 79.9. The van der Waals surface area contributed by atoms with Gasteiger partial charge in [0.25, 0.3) is 5.91 Å². The molecule has 0 fully saturated rings. The summed E-state index contributed by atoms with van der Waals surface area (Å²) in [5.41, 5.74) is 0.259. The van der Waals surface area contributed by atoms with Gasteiger partial charge < -0.3 is 5.32 Å². The molecule has 0 radical (unpaired) electrons. The molecule has 5 nitrogen and oxygen atoms in total. The molecule has 0 bridgehead atoms. The molecule has 1 atom stereocenters. The van der Waals surface area contributed by atoms with Gasteiger partial charge in [0.15, 0.2) is 0 Å². The zero-order valence-corrected chi connectivity index (χ0v) is 13.2. The Kier molecular flexibility index (Phi) is 5.51. The first-order valence-electron chi connectivity index (χ1n) is 5.89. The van der Waals surface area contributed by atoms with Crippen LogP contribution in [0, 0.1) is 0 Å². The van der Waals surface area contributed by atoms with E-state index in [2.05, 4.69) is 21.2 Å². The maximum Gasteiger partial charge on any atom is 0.252 e. The van der Waals surface area contributed by atoms with Crippen LogP contribution in [-0.4, -0.2) is 20.4 Å². The van der Waals surface area contributed by atoms with Gasteiger partial charge in [0.1, 0.15) is 0 Å². The Hall–Kier alpha value is -0.920. The maximum absolute atomic E-state index is 12.1. The first-order valence-corrected chi connectivity index (χ1v) is 8.22. The SMILES string of the molecule is CCC[C@@H](C)NC(=O)c1cc(S(N)(=O)=O)ccc1Br. The molecule has 1 amide bonds. The molecule has 0 unspecified atom stereocenters. The second-order valence-corrected chi connectivity index (χ2v) is 6.77. The summed E-state index contributed by atoms with van der Waals surface area (Å²) in [6, 6.07) is 4.15. The first-order chi connectivity index (χ1) is 8.75. The Morgan fingerprint density at radius 2 is 2.11 bits per heavy atom. The van der Waals surface area contributed by atoms with Crippen LogP contribution in [0.1, 0.15) is 37.0 Å². The van der Waals surface area contributed by atoms with Crippen molar-refractivity contribution in [3.63, 3.8) is 0 Å².